The van der Waals surface area contributed by atoms with E-state index in [4.69, 9.17) is 4.74 Å². The van der Waals surface area contributed by atoms with Gasteiger partial charge in [0.2, 0.25) is 0 Å². The van der Waals surface area contributed by atoms with Crippen molar-refractivity contribution in [2.75, 3.05) is 7.11 Å². The van der Waals surface area contributed by atoms with Gasteiger partial charge in [-0.15, -0.1) is 5.10 Å². The van der Waals surface area contributed by atoms with Crippen molar-refractivity contribution in [1.29, 1.82) is 0 Å². The van der Waals surface area contributed by atoms with E-state index in [9.17, 15) is 22.4 Å². The summed E-state index contributed by atoms with van der Waals surface area (Å²) in [6.45, 7) is -0.168. The van der Waals surface area contributed by atoms with Crippen molar-refractivity contribution in [3.63, 3.8) is 0 Å². The van der Waals surface area contributed by atoms with Crippen LogP contribution in [0.2, 0.25) is 0 Å². The van der Waals surface area contributed by atoms with Gasteiger partial charge in [0.05, 0.1) is 48.5 Å². The van der Waals surface area contributed by atoms with Crippen molar-refractivity contribution in [3.8, 4) is 17.4 Å². The van der Waals surface area contributed by atoms with Crippen molar-refractivity contribution in [2.45, 2.75) is 12.7 Å². The molecule has 35 heavy (non-hydrogen) atoms. The zero-order chi connectivity index (χ0) is 24.7. The molecule has 0 aliphatic carbocycles. The SMILES string of the molecule is COc1nn(-c2ccc3nn(-c4cncc(F)c4)cc3c2)c(=O)n1Cc1cccc(C(F)(F)F)c1. The third-order valence-electron chi connectivity index (χ3n) is 5.29. The molecule has 0 saturated heterocycles. The van der Waals surface area contributed by atoms with Crippen LogP contribution in [0.3, 0.4) is 0 Å². The molecule has 5 rings (SSSR count). The Morgan fingerprint density at radius 2 is 1.83 bits per heavy atom. The lowest BCUT2D eigenvalue weighted by atomic mass is 10.1. The summed E-state index contributed by atoms with van der Waals surface area (Å²) in [5.41, 5.74) is 0.250. The fourth-order valence-electron chi connectivity index (χ4n) is 3.66. The van der Waals surface area contributed by atoms with Crippen molar-refractivity contribution in [2.24, 2.45) is 0 Å². The summed E-state index contributed by atoms with van der Waals surface area (Å²) in [6, 6.07) is 10.9. The van der Waals surface area contributed by atoms with Gasteiger partial charge in [-0.1, -0.05) is 12.1 Å². The Morgan fingerprint density at radius 1 is 1.00 bits per heavy atom. The number of hydrogen-bond donors (Lipinski definition) is 0. The summed E-state index contributed by atoms with van der Waals surface area (Å²) in [6.07, 6.45) is -0.311. The van der Waals surface area contributed by atoms with E-state index in [0.29, 0.717) is 22.3 Å². The number of pyridine rings is 1. The number of benzene rings is 2. The number of fused-ring (bicyclic) bond motifs is 1. The molecular weight excluding hydrogens is 468 g/mol. The highest BCUT2D eigenvalue weighted by atomic mass is 19.4. The normalized spacial score (nSPS) is 11.8. The van der Waals surface area contributed by atoms with E-state index in [-0.39, 0.29) is 18.1 Å². The molecule has 0 aliphatic heterocycles. The molecule has 0 bridgehead atoms. The summed E-state index contributed by atoms with van der Waals surface area (Å²) in [5.74, 6) is -0.507. The van der Waals surface area contributed by atoms with Crippen LogP contribution >= 0.6 is 0 Å². The molecule has 0 N–H and O–H groups in total. The monoisotopic (exact) mass is 484 g/mol. The fraction of sp³-hybridized carbons (Fsp3) is 0.130. The Kier molecular flexibility index (Phi) is 5.35. The lowest BCUT2D eigenvalue weighted by Gasteiger charge is -2.09. The third-order valence-corrected chi connectivity index (χ3v) is 5.29. The standard InChI is InChI=1S/C23H16F4N6O2/c1-35-21-30-33(22(34)31(21)12-14-3-2-4-16(7-14)23(25,26)27)18-5-6-20-15(8-18)13-32(29-20)19-9-17(24)10-28-11-19/h2-11,13H,12H2,1H3. The predicted molar refractivity (Wildman–Crippen MR) is 117 cm³/mol. The Balaban J connectivity index is 1.52. The first kappa shape index (κ1) is 22.3. The molecule has 8 nitrogen and oxygen atoms in total. The van der Waals surface area contributed by atoms with Gasteiger partial charge in [-0.05, 0) is 35.9 Å². The van der Waals surface area contributed by atoms with Crippen molar-refractivity contribution < 1.29 is 22.3 Å². The summed E-state index contributed by atoms with van der Waals surface area (Å²) >= 11 is 0. The number of methoxy groups -OCH3 is 1. The van der Waals surface area contributed by atoms with E-state index in [1.165, 1.54) is 36.2 Å². The minimum absolute atomic E-state index is 0.0611. The Bertz CT molecular complexity index is 1600. The molecule has 0 atom stereocenters. The highest BCUT2D eigenvalue weighted by Crippen LogP contribution is 2.30. The molecule has 0 amide bonds. The second-order valence-electron chi connectivity index (χ2n) is 7.64. The van der Waals surface area contributed by atoms with Crippen LogP contribution < -0.4 is 10.4 Å². The first-order valence-corrected chi connectivity index (χ1v) is 10.2. The number of rotatable bonds is 5. The van der Waals surface area contributed by atoms with Gasteiger partial charge in [0.15, 0.2) is 0 Å². The molecule has 0 saturated carbocycles. The fourth-order valence-corrected chi connectivity index (χ4v) is 3.66. The van der Waals surface area contributed by atoms with Crippen LogP contribution in [0.5, 0.6) is 6.01 Å². The Morgan fingerprint density at radius 3 is 2.57 bits per heavy atom. The van der Waals surface area contributed by atoms with Crippen LogP contribution in [0.15, 0.2) is 71.9 Å². The average Bonchev–Trinajstić information content (AvgIpc) is 3.39. The third kappa shape index (κ3) is 4.25. The van der Waals surface area contributed by atoms with Crippen LogP contribution in [0.4, 0.5) is 17.6 Å². The number of halogens is 4. The van der Waals surface area contributed by atoms with Crippen molar-refractivity contribution in [1.82, 2.24) is 29.1 Å². The van der Waals surface area contributed by atoms with Gasteiger partial charge >= 0.3 is 17.9 Å². The van der Waals surface area contributed by atoms with Gasteiger partial charge in [-0.3, -0.25) is 4.98 Å². The Hall–Kier alpha value is -4.48. The number of alkyl halides is 3. The van der Waals surface area contributed by atoms with Gasteiger partial charge in [0.25, 0.3) is 0 Å². The lowest BCUT2D eigenvalue weighted by molar-refractivity contribution is -0.137. The predicted octanol–water partition coefficient (Wildman–Crippen LogP) is 3.98. The maximum atomic E-state index is 13.5. The number of hydrogen-bond acceptors (Lipinski definition) is 5. The highest BCUT2D eigenvalue weighted by molar-refractivity contribution is 5.80. The molecule has 0 unspecified atom stereocenters. The lowest BCUT2D eigenvalue weighted by Crippen LogP contribution is -2.24. The topological polar surface area (TPSA) is 79.8 Å². The number of aromatic nitrogens is 6. The van der Waals surface area contributed by atoms with Crippen LogP contribution in [0, 0.1) is 5.82 Å². The molecule has 0 aliphatic rings. The van der Waals surface area contributed by atoms with Gasteiger partial charge in [0.1, 0.15) is 5.82 Å². The van der Waals surface area contributed by atoms with E-state index in [0.717, 1.165) is 27.6 Å². The van der Waals surface area contributed by atoms with E-state index in [1.54, 1.807) is 24.4 Å². The van der Waals surface area contributed by atoms with Crippen LogP contribution in [-0.2, 0) is 12.7 Å². The van der Waals surface area contributed by atoms with Gasteiger partial charge in [-0.2, -0.15) is 23.0 Å². The van der Waals surface area contributed by atoms with Gasteiger partial charge < -0.3 is 4.74 Å². The maximum Gasteiger partial charge on any atom is 0.416 e. The first-order valence-electron chi connectivity index (χ1n) is 10.2. The number of ether oxygens (including phenoxy) is 1. The van der Waals surface area contributed by atoms with Gasteiger partial charge in [0, 0.05) is 17.6 Å². The molecule has 12 heteroatoms. The molecule has 0 fully saturated rings. The summed E-state index contributed by atoms with van der Waals surface area (Å²) < 4.78 is 61.7. The van der Waals surface area contributed by atoms with E-state index in [2.05, 4.69) is 15.2 Å². The zero-order valence-corrected chi connectivity index (χ0v) is 18.1. The molecular formula is C23H16F4N6O2. The first-order chi connectivity index (χ1) is 16.7. The van der Waals surface area contributed by atoms with E-state index in [1.807, 2.05) is 0 Å². The molecule has 0 spiro atoms. The summed E-state index contributed by atoms with van der Waals surface area (Å²) in [5, 5.41) is 9.21. The van der Waals surface area contributed by atoms with E-state index < -0.39 is 23.2 Å². The molecule has 0 radical (unpaired) electrons. The molecule has 2 aromatic carbocycles. The smallest absolute Gasteiger partial charge is 0.416 e. The molecule has 5 aromatic rings. The maximum absolute atomic E-state index is 13.5. The zero-order valence-electron chi connectivity index (χ0n) is 18.1. The van der Waals surface area contributed by atoms with Crippen LogP contribution in [0.1, 0.15) is 11.1 Å². The second kappa shape index (κ2) is 8.38. The summed E-state index contributed by atoms with van der Waals surface area (Å²) in [4.78, 5) is 16.9. The molecule has 178 valence electrons. The minimum atomic E-state index is -4.50. The molecule has 3 aromatic heterocycles. The Labute approximate surface area is 194 Å². The number of nitrogens with zero attached hydrogens (tertiary/aromatic N) is 6. The van der Waals surface area contributed by atoms with Crippen LogP contribution in [-0.4, -0.2) is 36.2 Å². The van der Waals surface area contributed by atoms with Crippen LogP contribution in [0.25, 0.3) is 22.3 Å². The van der Waals surface area contributed by atoms with E-state index >= 15 is 0 Å². The quantitative estimate of drug-likeness (QED) is 0.353. The van der Waals surface area contributed by atoms with Crippen molar-refractivity contribution in [3.05, 3.63) is 94.5 Å². The van der Waals surface area contributed by atoms with Crippen molar-refractivity contribution >= 4 is 10.9 Å². The summed E-state index contributed by atoms with van der Waals surface area (Å²) in [7, 11) is 1.31. The average molecular weight is 484 g/mol. The molecule has 3 heterocycles. The largest absolute Gasteiger partial charge is 0.467 e. The second-order valence-corrected chi connectivity index (χ2v) is 7.64. The van der Waals surface area contributed by atoms with Gasteiger partial charge in [-0.25, -0.2) is 18.4 Å². The highest BCUT2D eigenvalue weighted by Gasteiger charge is 2.30. The minimum Gasteiger partial charge on any atom is -0.467 e.